The second-order valence-electron chi connectivity index (χ2n) is 10.5. The van der Waals surface area contributed by atoms with Crippen LogP contribution in [0.4, 0.5) is 11.4 Å². The van der Waals surface area contributed by atoms with Crippen molar-refractivity contribution >= 4 is 33.9 Å². The van der Waals surface area contributed by atoms with Crippen molar-refractivity contribution in [1.82, 2.24) is 25.0 Å². The van der Waals surface area contributed by atoms with Gasteiger partial charge < -0.3 is 10.6 Å². The summed E-state index contributed by atoms with van der Waals surface area (Å²) in [5, 5.41) is 36.2. The molecule has 1 unspecified atom stereocenters. The van der Waals surface area contributed by atoms with Crippen LogP contribution in [0.3, 0.4) is 0 Å². The van der Waals surface area contributed by atoms with E-state index in [9.17, 15) is 10.5 Å². The van der Waals surface area contributed by atoms with Crippen LogP contribution >= 0.6 is 11.6 Å². The number of halogens is 1. The van der Waals surface area contributed by atoms with Gasteiger partial charge in [-0.3, -0.25) is 9.97 Å². The minimum absolute atomic E-state index is 0.0150. The third-order valence-electron chi connectivity index (χ3n) is 6.22. The molecule has 0 saturated carbocycles. The van der Waals surface area contributed by atoms with E-state index >= 15 is 0 Å². The Morgan fingerprint density at radius 1 is 1.05 bits per heavy atom. The van der Waals surface area contributed by atoms with Crippen LogP contribution in [0.2, 0.25) is 5.02 Å². The molecular weight excluding hydrogens is 522 g/mol. The quantitative estimate of drug-likeness (QED) is 0.244. The standard InChI is InChI=1S/C30H26ClN9/c1-30(2,3)18-36-27-21(14-33)15-35-29-24(27)11-22(12-25(29)31)37-28(20-7-4-6-19(10-20)13-32)26-17-40(39-38-26)23-8-5-9-34-16-23/h4-12,15-17,28,37H,18H2,1-3H3,(H,35,36). The van der Waals surface area contributed by atoms with Gasteiger partial charge >= 0.3 is 0 Å². The number of hydrogen-bond donors (Lipinski definition) is 2. The van der Waals surface area contributed by atoms with Crippen LogP contribution in [0.5, 0.6) is 0 Å². The first-order valence-electron chi connectivity index (χ1n) is 12.6. The van der Waals surface area contributed by atoms with E-state index in [0.29, 0.717) is 45.3 Å². The molecule has 198 valence electrons. The molecule has 1 atom stereocenters. The second-order valence-corrected chi connectivity index (χ2v) is 10.9. The molecule has 9 nitrogen and oxygen atoms in total. The predicted molar refractivity (Wildman–Crippen MR) is 155 cm³/mol. The van der Waals surface area contributed by atoms with Crippen LogP contribution in [0, 0.1) is 28.1 Å². The highest BCUT2D eigenvalue weighted by atomic mass is 35.5. The number of fused-ring (bicyclic) bond motifs is 1. The molecule has 0 aliphatic heterocycles. The van der Waals surface area contributed by atoms with Crippen molar-refractivity contribution in [3.8, 4) is 17.8 Å². The van der Waals surface area contributed by atoms with Gasteiger partial charge in [-0.05, 0) is 47.4 Å². The van der Waals surface area contributed by atoms with Crippen molar-refractivity contribution in [2.45, 2.75) is 26.8 Å². The average molecular weight is 548 g/mol. The van der Waals surface area contributed by atoms with Gasteiger partial charge in [-0.2, -0.15) is 10.5 Å². The summed E-state index contributed by atoms with van der Waals surface area (Å²) in [6, 6.07) is 18.7. The Morgan fingerprint density at radius 2 is 1.90 bits per heavy atom. The van der Waals surface area contributed by atoms with E-state index in [1.165, 1.54) is 0 Å². The highest BCUT2D eigenvalue weighted by Gasteiger charge is 2.21. The number of anilines is 2. The average Bonchev–Trinajstić information content (AvgIpc) is 3.44. The number of pyridine rings is 2. The van der Waals surface area contributed by atoms with Gasteiger partial charge in [0, 0.05) is 30.0 Å². The second kappa shape index (κ2) is 11.0. The summed E-state index contributed by atoms with van der Waals surface area (Å²) in [5.74, 6) is 0. The Kier molecular flexibility index (Phi) is 7.33. The van der Waals surface area contributed by atoms with Crippen molar-refractivity contribution in [1.29, 1.82) is 10.5 Å². The van der Waals surface area contributed by atoms with Crippen molar-refractivity contribution in [3.05, 3.63) is 101 Å². The largest absolute Gasteiger partial charge is 0.383 e. The fraction of sp³-hybridized carbons (Fsp3) is 0.200. The molecule has 40 heavy (non-hydrogen) atoms. The SMILES string of the molecule is CC(C)(C)CNc1c(C#N)cnc2c(Cl)cc(NC(c3cccc(C#N)c3)c3cn(-c4cccnc4)nn3)cc12. The lowest BCUT2D eigenvalue weighted by atomic mass is 9.96. The highest BCUT2D eigenvalue weighted by Crippen LogP contribution is 2.36. The molecule has 0 spiro atoms. The Labute approximate surface area is 237 Å². The molecule has 5 aromatic rings. The van der Waals surface area contributed by atoms with E-state index in [1.807, 2.05) is 42.6 Å². The van der Waals surface area contributed by atoms with Gasteiger partial charge in [-0.15, -0.1) is 5.10 Å². The molecule has 0 fully saturated rings. The van der Waals surface area contributed by atoms with Crippen LogP contribution in [0.1, 0.15) is 49.2 Å². The highest BCUT2D eigenvalue weighted by molar-refractivity contribution is 6.35. The maximum atomic E-state index is 9.81. The van der Waals surface area contributed by atoms with Crippen LogP contribution in [-0.2, 0) is 0 Å². The van der Waals surface area contributed by atoms with E-state index in [4.69, 9.17) is 11.6 Å². The first-order valence-corrected chi connectivity index (χ1v) is 13.0. The van der Waals surface area contributed by atoms with Gasteiger partial charge in [0.25, 0.3) is 0 Å². The number of nitrogens with zero attached hydrogens (tertiary/aromatic N) is 7. The van der Waals surface area contributed by atoms with Crippen LogP contribution < -0.4 is 10.6 Å². The summed E-state index contributed by atoms with van der Waals surface area (Å²) < 4.78 is 1.65. The zero-order valence-electron chi connectivity index (χ0n) is 22.2. The molecule has 2 N–H and O–H groups in total. The maximum Gasteiger partial charge on any atom is 0.110 e. The van der Waals surface area contributed by atoms with Gasteiger partial charge in [0.15, 0.2) is 0 Å². The van der Waals surface area contributed by atoms with Crippen LogP contribution in [0.15, 0.2) is 73.3 Å². The summed E-state index contributed by atoms with van der Waals surface area (Å²) in [6.45, 7) is 7.01. The molecule has 0 saturated heterocycles. The molecule has 5 rings (SSSR count). The first-order chi connectivity index (χ1) is 19.3. The van der Waals surface area contributed by atoms with Crippen LogP contribution in [-0.4, -0.2) is 31.5 Å². The molecule has 3 heterocycles. The molecule has 0 aliphatic carbocycles. The molecule has 10 heteroatoms. The molecule has 0 aliphatic rings. The number of nitrogens with one attached hydrogen (secondary N) is 2. The number of aromatic nitrogens is 5. The number of rotatable bonds is 7. The monoisotopic (exact) mass is 547 g/mol. The van der Waals surface area contributed by atoms with E-state index in [-0.39, 0.29) is 5.41 Å². The van der Waals surface area contributed by atoms with Gasteiger partial charge in [-0.1, -0.05) is 49.7 Å². The number of hydrogen-bond acceptors (Lipinski definition) is 8. The minimum atomic E-state index is -0.467. The Balaban J connectivity index is 1.61. The summed E-state index contributed by atoms with van der Waals surface area (Å²) >= 11 is 6.73. The Morgan fingerprint density at radius 3 is 2.62 bits per heavy atom. The zero-order valence-corrected chi connectivity index (χ0v) is 23.0. The van der Waals surface area contributed by atoms with E-state index in [0.717, 1.165) is 16.6 Å². The Bertz CT molecular complexity index is 1760. The van der Waals surface area contributed by atoms with Gasteiger partial charge in [0.05, 0.1) is 57.5 Å². The topological polar surface area (TPSA) is 128 Å². The van der Waals surface area contributed by atoms with Gasteiger partial charge in [-0.25, -0.2) is 4.68 Å². The first kappa shape index (κ1) is 26.6. The fourth-order valence-corrected chi connectivity index (χ4v) is 4.55. The van der Waals surface area contributed by atoms with Crippen molar-refractivity contribution < 1.29 is 0 Å². The summed E-state index contributed by atoms with van der Waals surface area (Å²) in [5.41, 5.74) is 5.12. The van der Waals surface area contributed by atoms with Crippen molar-refractivity contribution in [3.63, 3.8) is 0 Å². The fourth-order valence-electron chi connectivity index (χ4n) is 4.28. The third-order valence-corrected chi connectivity index (χ3v) is 6.51. The van der Waals surface area contributed by atoms with Crippen molar-refractivity contribution in [2.75, 3.05) is 17.2 Å². The normalized spacial score (nSPS) is 11.9. The molecular formula is C30H26ClN9. The summed E-state index contributed by atoms with van der Waals surface area (Å²) in [7, 11) is 0. The maximum absolute atomic E-state index is 9.81. The summed E-state index contributed by atoms with van der Waals surface area (Å²) in [6.07, 6.45) is 6.76. The number of benzene rings is 2. The van der Waals surface area contributed by atoms with E-state index in [1.54, 1.807) is 35.4 Å². The van der Waals surface area contributed by atoms with Gasteiger partial charge in [0.2, 0.25) is 0 Å². The molecule has 0 amide bonds. The van der Waals surface area contributed by atoms with Crippen LogP contribution in [0.25, 0.3) is 16.6 Å². The number of nitriles is 2. The zero-order chi connectivity index (χ0) is 28.3. The van der Waals surface area contributed by atoms with E-state index < -0.39 is 6.04 Å². The molecule has 0 bridgehead atoms. The molecule has 3 aromatic heterocycles. The lowest BCUT2D eigenvalue weighted by molar-refractivity contribution is 0.443. The Hall–Kier alpha value is -4.99. The lowest BCUT2D eigenvalue weighted by Crippen LogP contribution is -2.20. The smallest absolute Gasteiger partial charge is 0.110 e. The van der Waals surface area contributed by atoms with Gasteiger partial charge in [0.1, 0.15) is 11.8 Å². The molecule has 0 radical (unpaired) electrons. The third kappa shape index (κ3) is 5.70. The molecule has 2 aromatic carbocycles. The van der Waals surface area contributed by atoms with E-state index in [2.05, 4.69) is 63.8 Å². The predicted octanol–water partition coefficient (Wildman–Crippen LogP) is 6.27. The van der Waals surface area contributed by atoms with Crippen molar-refractivity contribution in [2.24, 2.45) is 5.41 Å². The minimum Gasteiger partial charge on any atom is -0.383 e. The summed E-state index contributed by atoms with van der Waals surface area (Å²) in [4.78, 5) is 8.63. The lowest BCUT2D eigenvalue weighted by Gasteiger charge is -2.22.